The molecule has 0 fully saturated rings. The first kappa shape index (κ1) is 20.3. The number of aliphatic carboxylic acids is 1. The third-order valence-corrected chi connectivity index (χ3v) is 3.78. The second kappa shape index (κ2) is 9.49. The lowest BCUT2D eigenvalue weighted by Crippen LogP contribution is -2.33. The number of carbonyl (C=O) groups is 2. The molecule has 1 amide bonds. The Kier molecular flexibility index (Phi) is 8.01. The molecule has 0 saturated carbocycles. The van der Waals surface area contributed by atoms with E-state index in [0.717, 1.165) is 12.8 Å². The second-order valence-electron chi connectivity index (χ2n) is 5.78. The number of rotatable bonds is 10. The van der Waals surface area contributed by atoms with E-state index in [1.165, 1.54) is 12.1 Å². The predicted molar refractivity (Wildman–Crippen MR) is 92.6 cm³/mol. The number of nitrogens with one attached hydrogen (secondary N) is 1. The third kappa shape index (κ3) is 6.76. The first-order valence-corrected chi connectivity index (χ1v) is 8.34. The average molecular weight is 358 g/mol. The van der Waals surface area contributed by atoms with Crippen LogP contribution in [-0.2, 0) is 9.59 Å². The Morgan fingerprint density at radius 3 is 2.38 bits per heavy atom. The Hall–Kier alpha value is -1.79. The third-order valence-electron chi connectivity index (χ3n) is 3.49. The fourth-order valence-corrected chi connectivity index (χ4v) is 2.81. The molecule has 0 atom stereocenters. The van der Waals surface area contributed by atoms with Gasteiger partial charge in [0.15, 0.2) is 6.61 Å². The number of ether oxygens (including phenoxy) is 1. The predicted octanol–water partition coefficient (Wildman–Crippen LogP) is 3.46. The van der Waals surface area contributed by atoms with Crippen molar-refractivity contribution in [3.63, 3.8) is 0 Å². The van der Waals surface area contributed by atoms with Gasteiger partial charge in [-0.15, -0.1) is 0 Å². The molecule has 24 heavy (non-hydrogen) atoms. The van der Waals surface area contributed by atoms with Gasteiger partial charge >= 0.3 is 5.97 Å². The summed E-state index contributed by atoms with van der Waals surface area (Å²) >= 11 is 6.01. The summed E-state index contributed by atoms with van der Waals surface area (Å²) in [4.78, 5) is 22.7. The van der Waals surface area contributed by atoms with E-state index < -0.39 is 18.2 Å². The molecule has 0 aromatic heterocycles. The normalized spacial score (nSPS) is 11.2. The maximum atomic E-state index is 12.2. The van der Waals surface area contributed by atoms with Crippen LogP contribution >= 0.6 is 11.6 Å². The molecule has 3 N–H and O–H groups in total. The highest BCUT2D eigenvalue weighted by Gasteiger charge is 2.28. The summed E-state index contributed by atoms with van der Waals surface area (Å²) in [5.74, 6) is -1.17. The number of carbonyl (C=O) groups excluding carboxylic acids is 1. The summed E-state index contributed by atoms with van der Waals surface area (Å²) in [5, 5.41) is 22.0. The molecule has 134 valence electrons. The highest BCUT2D eigenvalue weighted by Crippen LogP contribution is 2.29. The molecule has 0 saturated heterocycles. The maximum Gasteiger partial charge on any atom is 0.341 e. The van der Waals surface area contributed by atoms with Crippen molar-refractivity contribution >= 4 is 29.2 Å². The Morgan fingerprint density at radius 1 is 1.25 bits per heavy atom. The molecule has 0 bridgehead atoms. The molecule has 0 spiro atoms. The Bertz CT molecular complexity index is 570. The van der Waals surface area contributed by atoms with Gasteiger partial charge < -0.3 is 20.3 Å². The van der Waals surface area contributed by atoms with Crippen molar-refractivity contribution in [2.45, 2.75) is 51.6 Å². The van der Waals surface area contributed by atoms with Crippen molar-refractivity contribution in [3.8, 4) is 5.75 Å². The van der Waals surface area contributed by atoms with E-state index in [9.17, 15) is 14.7 Å². The van der Waals surface area contributed by atoms with E-state index in [2.05, 4.69) is 5.32 Å². The minimum Gasteiger partial charge on any atom is -0.480 e. The van der Waals surface area contributed by atoms with Crippen molar-refractivity contribution in [1.29, 1.82) is 0 Å². The Balaban J connectivity index is 2.69. The lowest BCUT2D eigenvalue weighted by Gasteiger charge is -2.26. The van der Waals surface area contributed by atoms with Crippen LogP contribution in [-0.4, -0.2) is 34.3 Å². The topological polar surface area (TPSA) is 95.9 Å². The standard InChI is InChI=1S/C17H24ClNO5/c1-3-7-17(23,8-4-2)10-15(20)19-12-5-6-14(13(18)9-12)24-11-16(21)22/h5-6,9,23H,3-4,7-8,10-11H2,1-2H3,(H,19,20)(H,21,22). The molecule has 1 rings (SSSR count). The molecule has 0 unspecified atom stereocenters. The zero-order valence-electron chi connectivity index (χ0n) is 14.0. The summed E-state index contributed by atoms with van der Waals surface area (Å²) in [6.07, 6.45) is 2.74. The van der Waals surface area contributed by atoms with Crippen LogP contribution in [0.4, 0.5) is 5.69 Å². The van der Waals surface area contributed by atoms with Gasteiger partial charge in [0, 0.05) is 5.69 Å². The molecule has 0 heterocycles. The summed E-state index contributed by atoms with van der Waals surface area (Å²) in [6, 6.07) is 4.54. The van der Waals surface area contributed by atoms with E-state index in [1.54, 1.807) is 6.07 Å². The SMILES string of the molecule is CCCC(O)(CCC)CC(=O)Nc1ccc(OCC(=O)O)c(Cl)c1. The molecule has 6 nitrogen and oxygen atoms in total. The number of hydrogen-bond donors (Lipinski definition) is 3. The van der Waals surface area contributed by atoms with Crippen LogP contribution in [0.25, 0.3) is 0 Å². The number of anilines is 1. The van der Waals surface area contributed by atoms with E-state index in [4.69, 9.17) is 21.4 Å². The molecule has 0 aliphatic rings. The lowest BCUT2D eigenvalue weighted by atomic mass is 9.89. The van der Waals surface area contributed by atoms with Crippen molar-refractivity contribution < 1.29 is 24.5 Å². The van der Waals surface area contributed by atoms with Crippen LogP contribution in [0.5, 0.6) is 5.75 Å². The van der Waals surface area contributed by atoms with Gasteiger partial charge in [-0.3, -0.25) is 4.79 Å². The quantitative estimate of drug-likeness (QED) is 0.596. The highest BCUT2D eigenvalue weighted by atomic mass is 35.5. The van der Waals surface area contributed by atoms with Crippen LogP contribution in [0.3, 0.4) is 0 Å². The summed E-state index contributed by atoms with van der Waals surface area (Å²) in [6.45, 7) is 3.44. The largest absolute Gasteiger partial charge is 0.480 e. The maximum absolute atomic E-state index is 12.2. The molecular formula is C17H24ClNO5. The van der Waals surface area contributed by atoms with Gasteiger partial charge in [-0.2, -0.15) is 0 Å². The number of benzene rings is 1. The molecule has 0 aliphatic heterocycles. The van der Waals surface area contributed by atoms with Gasteiger partial charge in [-0.25, -0.2) is 4.79 Å². The summed E-state index contributed by atoms with van der Waals surface area (Å²) in [7, 11) is 0. The fourth-order valence-electron chi connectivity index (χ4n) is 2.57. The molecule has 1 aromatic carbocycles. The minimum absolute atomic E-state index is 0.0174. The number of halogens is 1. The minimum atomic E-state index is -1.10. The van der Waals surface area contributed by atoms with Gasteiger partial charge in [0.2, 0.25) is 5.91 Å². The van der Waals surface area contributed by atoms with Gasteiger partial charge in [0.1, 0.15) is 5.75 Å². The van der Waals surface area contributed by atoms with Crippen molar-refractivity contribution in [3.05, 3.63) is 23.2 Å². The second-order valence-corrected chi connectivity index (χ2v) is 6.18. The summed E-state index contributed by atoms with van der Waals surface area (Å²) < 4.78 is 5.02. The first-order valence-electron chi connectivity index (χ1n) is 7.96. The average Bonchev–Trinajstić information content (AvgIpc) is 2.46. The van der Waals surface area contributed by atoms with Gasteiger partial charge in [0.25, 0.3) is 0 Å². The van der Waals surface area contributed by atoms with Crippen LogP contribution in [0.15, 0.2) is 18.2 Å². The Morgan fingerprint density at radius 2 is 1.88 bits per heavy atom. The smallest absolute Gasteiger partial charge is 0.341 e. The molecule has 1 aromatic rings. The zero-order valence-corrected chi connectivity index (χ0v) is 14.7. The Labute approximate surface area is 146 Å². The molecular weight excluding hydrogens is 334 g/mol. The number of carboxylic acids is 1. The number of amides is 1. The van der Waals surface area contributed by atoms with E-state index in [0.29, 0.717) is 18.5 Å². The van der Waals surface area contributed by atoms with Crippen LogP contribution in [0, 0.1) is 0 Å². The number of carboxylic acid groups (broad SMARTS) is 1. The van der Waals surface area contributed by atoms with Crippen molar-refractivity contribution in [1.82, 2.24) is 0 Å². The fraction of sp³-hybridized carbons (Fsp3) is 0.529. The first-order chi connectivity index (χ1) is 11.3. The van der Waals surface area contributed by atoms with E-state index in [-0.39, 0.29) is 23.1 Å². The van der Waals surface area contributed by atoms with Crippen molar-refractivity contribution in [2.75, 3.05) is 11.9 Å². The van der Waals surface area contributed by atoms with Gasteiger partial charge in [0.05, 0.1) is 17.0 Å². The highest BCUT2D eigenvalue weighted by molar-refractivity contribution is 6.32. The number of hydrogen-bond acceptors (Lipinski definition) is 4. The van der Waals surface area contributed by atoms with E-state index in [1.807, 2.05) is 13.8 Å². The summed E-state index contributed by atoms with van der Waals surface area (Å²) in [5.41, 5.74) is -0.537. The van der Waals surface area contributed by atoms with Gasteiger partial charge in [-0.05, 0) is 31.0 Å². The number of aliphatic hydroxyl groups is 1. The van der Waals surface area contributed by atoms with Crippen LogP contribution in [0.2, 0.25) is 5.02 Å². The monoisotopic (exact) mass is 357 g/mol. The molecule has 0 radical (unpaired) electrons. The zero-order chi connectivity index (χ0) is 18.2. The van der Waals surface area contributed by atoms with Crippen LogP contribution in [0.1, 0.15) is 46.0 Å². The van der Waals surface area contributed by atoms with Crippen LogP contribution < -0.4 is 10.1 Å². The molecule has 7 heteroatoms. The van der Waals surface area contributed by atoms with Crippen molar-refractivity contribution in [2.24, 2.45) is 0 Å². The van der Waals surface area contributed by atoms with E-state index >= 15 is 0 Å². The van der Waals surface area contributed by atoms with Gasteiger partial charge in [-0.1, -0.05) is 38.3 Å². The molecule has 0 aliphatic carbocycles. The lowest BCUT2D eigenvalue weighted by molar-refractivity contribution is -0.139.